The van der Waals surface area contributed by atoms with Crippen LogP contribution < -0.4 is 10.0 Å². The summed E-state index contributed by atoms with van der Waals surface area (Å²) >= 11 is 0. The second-order valence-corrected chi connectivity index (χ2v) is 10.3. The van der Waals surface area contributed by atoms with E-state index in [1.165, 1.54) is 4.90 Å². The molecule has 4 rings (SSSR count). The van der Waals surface area contributed by atoms with Crippen molar-refractivity contribution in [1.29, 1.82) is 0 Å². The zero-order chi connectivity index (χ0) is 24.5. The Labute approximate surface area is 198 Å². The number of anilines is 1. The maximum Gasteiger partial charge on any atom is 0.258 e. The number of nitrogens with one attached hydrogen (secondary N) is 2. The van der Waals surface area contributed by atoms with Crippen molar-refractivity contribution in [3.05, 3.63) is 71.8 Å². The van der Waals surface area contributed by atoms with E-state index in [2.05, 4.69) is 10.0 Å². The van der Waals surface area contributed by atoms with Crippen LogP contribution in [-0.4, -0.2) is 49.1 Å². The second-order valence-electron chi connectivity index (χ2n) is 8.57. The Morgan fingerprint density at radius 1 is 1.09 bits per heavy atom. The molecule has 0 spiro atoms. The number of amides is 2. The Bertz CT molecular complexity index is 1360. The largest absolute Gasteiger partial charge is 0.506 e. The molecule has 0 radical (unpaired) electrons. The van der Waals surface area contributed by atoms with Crippen LogP contribution >= 0.6 is 0 Å². The van der Waals surface area contributed by atoms with Gasteiger partial charge in [0.2, 0.25) is 15.9 Å². The summed E-state index contributed by atoms with van der Waals surface area (Å²) in [5, 5.41) is 15.1. The molecular formula is C25H27N3O5S. The molecule has 0 aromatic heterocycles. The number of fused-ring (bicyclic) bond motifs is 1. The van der Waals surface area contributed by atoms with Crippen molar-refractivity contribution >= 4 is 38.3 Å². The van der Waals surface area contributed by atoms with Crippen molar-refractivity contribution in [3.8, 4) is 5.75 Å². The second kappa shape index (κ2) is 9.34. The molecule has 0 bridgehead atoms. The normalized spacial score (nSPS) is 16.9. The molecule has 34 heavy (non-hydrogen) atoms. The summed E-state index contributed by atoms with van der Waals surface area (Å²) < 4.78 is 25.4. The van der Waals surface area contributed by atoms with E-state index >= 15 is 0 Å². The third-order valence-electron chi connectivity index (χ3n) is 6.00. The number of aromatic hydroxyl groups is 1. The van der Waals surface area contributed by atoms with Crippen molar-refractivity contribution in [2.75, 3.05) is 17.5 Å². The van der Waals surface area contributed by atoms with Crippen LogP contribution in [0.1, 0.15) is 41.7 Å². The van der Waals surface area contributed by atoms with E-state index in [0.717, 1.165) is 17.2 Å². The van der Waals surface area contributed by atoms with E-state index in [4.69, 9.17) is 0 Å². The van der Waals surface area contributed by atoms with Gasteiger partial charge in [-0.25, -0.2) is 8.42 Å². The summed E-state index contributed by atoms with van der Waals surface area (Å²) in [6.45, 7) is 2.22. The highest BCUT2D eigenvalue weighted by atomic mass is 32.2. The summed E-state index contributed by atoms with van der Waals surface area (Å²) in [5.41, 5.74) is 1.31. The SMILES string of the molecule is CC(NC(=O)C1CCCN1C(=O)c1ccc2ccccc2c1O)c1cccc(NS(C)(=O)=O)c1. The molecule has 3 N–H and O–H groups in total. The van der Waals surface area contributed by atoms with Gasteiger partial charge in [0.15, 0.2) is 0 Å². The summed E-state index contributed by atoms with van der Waals surface area (Å²) in [7, 11) is -3.42. The van der Waals surface area contributed by atoms with Crippen LogP contribution in [0.3, 0.4) is 0 Å². The van der Waals surface area contributed by atoms with Crippen LogP contribution in [0, 0.1) is 0 Å². The summed E-state index contributed by atoms with van der Waals surface area (Å²) in [5.74, 6) is -0.759. The highest BCUT2D eigenvalue weighted by Crippen LogP contribution is 2.31. The van der Waals surface area contributed by atoms with E-state index in [1.807, 2.05) is 12.1 Å². The minimum absolute atomic E-state index is 0.0854. The van der Waals surface area contributed by atoms with E-state index in [1.54, 1.807) is 55.5 Å². The van der Waals surface area contributed by atoms with Crippen LogP contribution in [0.15, 0.2) is 60.7 Å². The van der Waals surface area contributed by atoms with Gasteiger partial charge in [0.1, 0.15) is 11.8 Å². The van der Waals surface area contributed by atoms with Gasteiger partial charge < -0.3 is 15.3 Å². The van der Waals surface area contributed by atoms with Gasteiger partial charge in [0.05, 0.1) is 17.9 Å². The van der Waals surface area contributed by atoms with Gasteiger partial charge in [0, 0.05) is 17.6 Å². The first-order valence-corrected chi connectivity index (χ1v) is 12.9. The fraction of sp³-hybridized carbons (Fsp3) is 0.280. The minimum atomic E-state index is -3.42. The standard InChI is InChI=1S/C25H27N3O5S/c1-16(18-8-5-9-19(15-18)27-34(2,32)33)26-24(30)22-11-6-14-28(22)25(31)21-13-12-17-7-3-4-10-20(17)23(21)29/h3-5,7-10,12-13,15-16,22,27,29H,6,11,14H2,1-2H3,(H,26,30). The van der Waals surface area contributed by atoms with E-state index in [0.29, 0.717) is 30.5 Å². The van der Waals surface area contributed by atoms with Crippen molar-refractivity contribution in [1.82, 2.24) is 10.2 Å². The first kappa shape index (κ1) is 23.6. The number of carbonyl (C=O) groups excluding carboxylic acids is 2. The first-order chi connectivity index (χ1) is 16.1. The number of benzene rings is 3. The van der Waals surface area contributed by atoms with Crippen molar-refractivity contribution in [2.24, 2.45) is 0 Å². The quantitative estimate of drug-likeness (QED) is 0.499. The number of nitrogens with zero attached hydrogens (tertiary/aromatic N) is 1. The van der Waals surface area contributed by atoms with Crippen LogP contribution in [0.5, 0.6) is 5.75 Å². The maximum absolute atomic E-state index is 13.3. The highest BCUT2D eigenvalue weighted by Gasteiger charge is 2.36. The molecule has 178 valence electrons. The molecule has 2 unspecified atom stereocenters. The Morgan fingerprint density at radius 2 is 1.85 bits per heavy atom. The molecule has 1 aliphatic heterocycles. The number of rotatable bonds is 6. The average Bonchev–Trinajstić information content (AvgIpc) is 3.28. The predicted octanol–water partition coefficient (Wildman–Crippen LogP) is 3.40. The van der Waals surface area contributed by atoms with E-state index < -0.39 is 22.1 Å². The molecule has 1 aliphatic rings. The Balaban J connectivity index is 1.50. The first-order valence-electron chi connectivity index (χ1n) is 11.0. The van der Waals surface area contributed by atoms with Crippen molar-refractivity contribution in [3.63, 3.8) is 0 Å². The van der Waals surface area contributed by atoms with Gasteiger partial charge in [-0.2, -0.15) is 0 Å². The van der Waals surface area contributed by atoms with Crippen LogP contribution in [0.2, 0.25) is 0 Å². The molecule has 1 fully saturated rings. The van der Waals surface area contributed by atoms with Gasteiger partial charge in [0.25, 0.3) is 5.91 Å². The van der Waals surface area contributed by atoms with E-state index in [-0.39, 0.29) is 23.1 Å². The lowest BCUT2D eigenvalue weighted by atomic mass is 10.0. The lowest BCUT2D eigenvalue weighted by molar-refractivity contribution is -0.125. The maximum atomic E-state index is 13.3. The molecule has 0 saturated carbocycles. The molecular weight excluding hydrogens is 454 g/mol. The van der Waals surface area contributed by atoms with Gasteiger partial charge in [-0.3, -0.25) is 14.3 Å². The lowest BCUT2D eigenvalue weighted by Crippen LogP contribution is -2.46. The summed E-state index contributed by atoms with van der Waals surface area (Å²) in [6.07, 6.45) is 2.28. The number of hydrogen-bond acceptors (Lipinski definition) is 5. The number of hydrogen-bond donors (Lipinski definition) is 3. The monoisotopic (exact) mass is 481 g/mol. The number of likely N-dealkylation sites (tertiary alicyclic amines) is 1. The number of phenolic OH excluding ortho intramolecular Hbond substituents is 1. The summed E-state index contributed by atoms with van der Waals surface area (Å²) in [6, 6.07) is 16.4. The van der Waals surface area contributed by atoms with Crippen LogP contribution in [0.25, 0.3) is 10.8 Å². The molecule has 2 amide bonds. The third-order valence-corrected chi connectivity index (χ3v) is 6.60. The Hall–Kier alpha value is -3.59. The lowest BCUT2D eigenvalue weighted by Gasteiger charge is -2.26. The van der Waals surface area contributed by atoms with Crippen molar-refractivity contribution < 1.29 is 23.1 Å². The molecule has 3 aromatic rings. The topological polar surface area (TPSA) is 116 Å². The Morgan fingerprint density at radius 3 is 2.62 bits per heavy atom. The minimum Gasteiger partial charge on any atom is -0.506 e. The molecule has 9 heteroatoms. The van der Waals surface area contributed by atoms with Gasteiger partial charge in [-0.1, -0.05) is 42.5 Å². The molecule has 8 nitrogen and oxygen atoms in total. The van der Waals surface area contributed by atoms with Gasteiger partial charge >= 0.3 is 0 Å². The third kappa shape index (κ3) is 4.99. The van der Waals surface area contributed by atoms with Crippen LogP contribution in [0.4, 0.5) is 5.69 Å². The average molecular weight is 482 g/mol. The molecule has 1 saturated heterocycles. The molecule has 0 aliphatic carbocycles. The Kier molecular flexibility index (Phi) is 6.47. The van der Waals surface area contributed by atoms with Gasteiger partial charge in [-0.05, 0) is 48.9 Å². The number of phenols is 1. The zero-order valence-corrected chi connectivity index (χ0v) is 19.8. The smallest absolute Gasteiger partial charge is 0.258 e. The zero-order valence-electron chi connectivity index (χ0n) is 19.0. The van der Waals surface area contributed by atoms with Gasteiger partial charge in [-0.15, -0.1) is 0 Å². The fourth-order valence-corrected chi connectivity index (χ4v) is 4.90. The number of sulfonamides is 1. The molecule has 2 atom stereocenters. The predicted molar refractivity (Wildman–Crippen MR) is 131 cm³/mol. The highest BCUT2D eigenvalue weighted by molar-refractivity contribution is 7.92. The van der Waals surface area contributed by atoms with Crippen LogP contribution in [-0.2, 0) is 14.8 Å². The fourth-order valence-electron chi connectivity index (χ4n) is 4.34. The molecule has 3 aromatic carbocycles. The van der Waals surface area contributed by atoms with E-state index in [9.17, 15) is 23.1 Å². The summed E-state index contributed by atoms with van der Waals surface area (Å²) in [4.78, 5) is 27.9. The van der Waals surface area contributed by atoms with Crippen molar-refractivity contribution in [2.45, 2.75) is 31.8 Å². The molecule has 1 heterocycles. The number of carbonyl (C=O) groups is 2.